The van der Waals surface area contributed by atoms with Gasteiger partial charge in [0.1, 0.15) is 6.54 Å². The summed E-state index contributed by atoms with van der Waals surface area (Å²) in [4.78, 5) is 1.41. The number of rotatable bonds is 5. The lowest BCUT2D eigenvalue weighted by Gasteiger charge is -2.14. The second-order valence-corrected chi connectivity index (χ2v) is 6.24. The molecule has 0 aromatic heterocycles. The Labute approximate surface area is 138 Å². The van der Waals surface area contributed by atoms with Crippen molar-refractivity contribution in [2.24, 2.45) is 0 Å². The zero-order valence-corrected chi connectivity index (χ0v) is 14.3. The summed E-state index contributed by atoms with van der Waals surface area (Å²) in [6, 6.07) is 16.7. The first-order chi connectivity index (χ1) is 10.5. The fourth-order valence-electron chi connectivity index (χ4n) is 2.36. The van der Waals surface area contributed by atoms with Crippen molar-refractivity contribution in [1.82, 2.24) is 5.32 Å². The smallest absolute Gasteiger partial charge is 0.171 e. The molecule has 0 atom stereocenters. The predicted molar refractivity (Wildman–Crippen MR) is 97.2 cm³/mol. The average Bonchev–Trinajstić information content (AvgIpc) is 2.46. The lowest BCUT2D eigenvalue weighted by atomic mass is 10.1. The van der Waals surface area contributed by atoms with Crippen LogP contribution in [-0.4, -0.2) is 19.2 Å². The largest absolute Gasteiger partial charge is 0.358 e. The van der Waals surface area contributed by atoms with Gasteiger partial charge in [-0.15, -0.1) is 0 Å². The van der Waals surface area contributed by atoms with Crippen molar-refractivity contribution in [1.29, 1.82) is 0 Å². The van der Waals surface area contributed by atoms with Crippen molar-refractivity contribution < 1.29 is 4.90 Å². The summed E-state index contributed by atoms with van der Waals surface area (Å²) in [5.74, 6) is 0. The fraction of sp³-hybridized carbons (Fsp3) is 0.278. The van der Waals surface area contributed by atoms with Crippen LogP contribution in [0.5, 0.6) is 0 Å². The SMILES string of the molecule is Cc1cccc(NC(=S)NCc2ccccc2C[NH+](C)C)c1. The first kappa shape index (κ1) is 16.5. The van der Waals surface area contributed by atoms with Crippen LogP contribution < -0.4 is 15.5 Å². The van der Waals surface area contributed by atoms with E-state index in [4.69, 9.17) is 12.2 Å². The minimum Gasteiger partial charge on any atom is -0.358 e. The summed E-state index contributed by atoms with van der Waals surface area (Å²) in [7, 11) is 4.32. The van der Waals surface area contributed by atoms with E-state index >= 15 is 0 Å². The Balaban J connectivity index is 1.94. The van der Waals surface area contributed by atoms with E-state index in [0.717, 1.165) is 18.8 Å². The lowest BCUT2D eigenvalue weighted by Crippen LogP contribution is -3.04. The standard InChI is InChI=1S/C18H23N3S/c1-14-7-6-10-17(11-14)20-18(22)19-12-15-8-4-5-9-16(15)13-21(2)3/h4-11H,12-13H2,1-3H3,(H2,19,20,22)/p+1. The summed E-state index contributed by atoms with van der Waals surface area (Å²) in [5, 5.41) is 7.17. The topological polar surface area (TPSA) is 28.5 Å². The van der Waals surface area contributed by atoms with Gasteiger partial charge in [0.2, 0.25) is 0 Å². The number of aryl methyl sites for hydroxylation is 1. The van der Waals surface area contributed by atoms with Gasteiger partial charge in [0.05, 0.1) is 14.1 Å². The van der Waals surface area contributed by atoms with Gasteiger partial charge in [0, 0.05) is 17.8 Å². The molecule has 0 amide bonds. The molecule has 0 spiro atoms. The molecule has 0 bridgehead atoms. The van der Waals surface area contributed by atoms with Crippen molar-refractivity contribution in [3.63, 3.8) is 0 Å². The molecular formula is C18H24N3S+. The van der Waals surface area contributed by atoms with Crippen LogP contribution in [0.25, 0.3) is 0 Å². The predicted octanol–water partition coefficient (Wildman–Crippen LogP) is 2.13. The summed E-state index contributed by atoms with van der Waals surface area (Å²) < 4.78 is 0. The van der Waals surface area contributed by atoms with E-state index < -0.39 is 0 Å². The first-order valence-corrected chi connectivity index (χ1v) is 7.93. The number of benzene rings is 2. The molecule has 2 rings (SSSR count). The fourth-order valence-corrected chi connectivity index (χ4v) is 2.55. The second kappa shape index (κ2) is 7.92. The molecular weight excluding hydrogens is 290 g/mol. The maximum Gasteiger partial charge on any atom is 0.171 e. The number of thiocarbonyl (C=S) groups is 1. The van der Waals surface area contributed by atoms with Gasteiger partial charge in [0.15, 0.2) is 5.11 Å². The van der Waals surface area contributed by atoms with E-state index in [1.54, 1.807) is 0 Å². The highest BCUT2D eigenvalue weighted by atomic mass is 32.1. The Morgan fingerprint density at radius 2 is 1.77 bits per heavy atom. The van der Waals surface area contributed by atoms with Gasteiger partial charge in [-0.2, -0.15) is 0 Å². The molecule has 4 heteroatoms. The third kappa shape index (κ3) is 5.13. The van der Waals surface area contributed by atoms with Crippen LogP contribution in [0.3, 0.4) is 0 Å². The van der Waals surface area contributed by atoms with Gasteiger partial charge in [-0.3, -0.25) is 0 Å². The molecule has 0 unspecified atom stereocenters. The Morgan fingerprint density at radius 1 is 1.05 bits per heavy atom. The highest BCUT2D eigenvalue weighted by Gasteiger charge is 2.06. The Morgan fingerprint density at radius 3 is 2.45 bits per heavy atom. The van der Waals surface area contributed by atoms with Crippen molar-refractivity contribution >= 4 is 23.0 Å². The monoisotopic (exact) mass is 314 g/mol. The van der Waals surface area contributed by atoms with Crippen molar-refractivity contribution in [3.8, 4) is 0 Å². The minimum absolute atomic E-state index is 0.651. The molecule has 0 saturated carbocycles. The molecule has 0 saturated heterocycles. The average molecular weight is 314 g/mol. The van der Waals surface area contributed by atoms with E-state index in [2.05, 4.69) is 68.1 Å². The minimum atomic E-state index is 0.651. The van der Waals surface area contributed by atoms with Crippen LogP contribution in [0.4, 0.5) is 5.69 Å². The summed E-state index contributed by atoms with van der Waals surface area (Å²) in [5.41, 5.74) is 4.88. The Hall–Kier alpha value is -1.91. The number of hydrogen-bond donors (Lipinski definition) is 3. The van der Waals surface area contributed by atoms with Crippen LogP contribution in [0, 0.1) is 6.92 Å². The van der Waals surface area contributed by atoms with Crippen LogP contribution in [0.15, 0.2) is 48.5 Å². The molecule has 22 heavy (non-hydrogen) atoms. The van der Waals surface area contributed by atoms with E-state index in [9.17, 15) is 0 Å². The third-order valence-electron chi connectivity index (χ3n) is 3.38. The molecule has 0 heterocycles. The van der Waals surface area contributed by atoms with Crippen LogP contribution in [0.2, 0.25) is 0 Å². The molecule has 116 valence electrons. The first-order valence-electron chi connectivity index (χ1n) is 7.52. The van der Waals surface area contributed by atoms with Gasteiger partial charge in [-0.25, -0.2) is 0 Å². The summed E-state index contributed by atoms with van der Waals surface area (Å²) in [6.07, 6.45) is 0. The normalized spacial score (nSPS) is 10.5. The quantitative estimate of drug-likeness (QED) is 0.739. The van der Waals surface area contributed by atoms with Crippen LogP contribution >= 0.6 is 12.2 Å². The molecule has 0 aliphatic rings. The van der Waals surface area contributed by atoms with Crippen molar-refractivity contribution in [2.75, 3.05) is 19.4 Å². The lowest BCUT2D eigenvalue weighted by molar-refractivity contribution is -0.872. The summed E-state index contributed by atoms with van der Waals surface area (Å²) >= 11 is 5.38. The van der Waals surface area contributed by atoms with E-state index in [0.29, 0.717) is 5.11 Å². The van der Waals surface area contributed by atoms with Gasteiger partial charge in [0.25, 0.3) is 0 Å². The molecule has 3 nitrogen and oxygen atoms in total. The molecule has 3 N–H and O–H groups in total. The van der Waals surface area contributed by atoms with E-state index in [-0.39, 0.29) is 0 Å². The van der Waals surface area contributed by atoms with E-state index in [1.165, 1.54) is 21.6 Å². The second-order valence-electron chi connectivity index (χ2n) is 5.83. The third-order valence-corrected chi connectivity index (χ3v) is 3.62. The highest BCUT2D eigenvalue weighted by Crippen LogP contribution is 2.10. The zero-order valence-electron chi connectivity index (χ0n) is 13.4. The number of nitrogens with one attached hydrogen (secondary N) is 3. The maximum absolute atomic E-state index is 5.38. The molecule has 0 fully saturated rings. The summed E-state index contributed by atoms with van der Waals surface area (Å²) in [6.45, 7) is 3.82. The van der Waals surface area contributed by atoms with Gasteiger partial charge in [-0.05, 0) is 42.4 Å². The highest BCUT2D eigenvalue weighted by molar-refractivity contribution is 7.80. The van der Waals surface area contributed by atoms with Gasteiger partial charge in [-0.1, -0.05) is 36.4 Å². The van der Waals surface area contributed by atoms with E-state index in [1.807, 2.05) is 12.1 Å². The molecule has 0 radical (unpaired) electrons. The number of hydrogen-bond acceptors (Lipinski definition) is 1. The zero-order chi connectivity index (χ0) is 15.9. The molecule has 0 aliphatic heterocycles. The van der Waals surface area contributed by atoms with Gasteiger partial charge >= 0.3 is 0 Å². The maximum atomic E-state index is 5.38. The van der Waals surface area contributed by atoms with Gasteiger partial charge < -0.3 is 15.5 Å². The van der Waals surface area contributed by atoms with Crippen molar-refractivity contribution in [3.05, 3.63) is 65.2 Å². The van der Waals surface area contributed by atoms with Crippen LogP contribution in [-0.2, 0) is 13.1 Å². The Kier molecular flexibility index (Phi) is 5.92. The molecule has 0 aliphatic carbocycles. The number of anilines is 1. The Bertz CT molecular complexity index is 638. The molecule has 2 aromatic rings. The van der Waals surface area contributed by atoms with Crippen LogP contribution in [0.1, 0.15) is 16.7 Å². The number of quaternary nitrogens is 1. The van der Waals surface area contributed by atoms with Crippen molar-refractivity contribution in [2.45, 2.75) is 20.0 Å². The molecule has 2 aromatic carbocycles.